The van der Waals surface area contributed by atoms with E-state index in [4.69, 9.17) is 4.52 Å². The fourth-order valence-corrected chi connectivity index (χ4v) is 3.12. The molecular weight excluding hydrogens is 314 g/mol. The predicted octanol–water partition coefficient (Wildman–Crippen LogP) is 2.96. The lowest BCUT2D eigenvalue weighted by Crippen LogP contribution is -2.47. The van der Waals surface area contributed by atoms with Gasteiger partial charge in [-0.05, 0) is 32.4 Å². The number of aryl methyl sites for hydroxylation is 3. The summed E-state index contributed by atoms with van der Waals surface area (Å²) in [5, 5.41) is 4.01. The van der Waals surface area contributed by atoms with Crippen LogP contribution in [-0.4, -0.2) is 47.0 Å². The second-order valence-electron chi connectivity index (χ2n) is 6.65. The molecule has 1 aromatic carbocycles. The second-order valence-corrected chi connectivity index (χ2v) is 6.65. The highest BCUT2D eigenvalue weighted by atomic mass is 16.5. The van der Waals surface area contributed by atoms with Crippen LogP contribution in [0.3, 0.4) is 0 Å². The molecule has 2 aromatic rings. The summed E-state index contributed by atoms with van der Waals surface area (Å²) < 4.78 is 5.23. The van der Waals surface area contributed by atoms with Crippen molar-refractivity contribution < 1.29 is 9.32 Å². The molecule has 0 unspecified atom stereocenters. The molecule has 1 aromatic heterocycles. The van der Waals surface area contributed by atoms with Crippen LogP contribution in [0.4, 0.5) is 0 Å². The molecule has 25 heavy (non-hydrogen) atoms. The van der Waals surface area contributed by atoms with Crippen LogP contribution in [0.5, 0.6) is 0 Å². The van der Waals surface area contributed by atoms with Crippen LogP contribution >= 0.6 is 0 Å². The lowest BCUT2D eigenvalue weighted by molar-refractivity contribution is -0.127. The average molecular weight is 339 g/mol. The van der Waals surface area contributed by atoms with Crippen molar-refractivity contribution in [1.29, 1.82) is 0 Å². The summed E-state index contributed by atoms with van der Waals surface area (Å²) in [6.07, 6.45) is 3.57. The number of hydrogen-bond donors (Lipinski definition) is 0. The van der Waals surface area contributed by atoms with Gasteiger partial charge in [0.25, 0.3) is 0 Å². The van der Waals surface area contributed by atoms with Gasteiger partial charge in [-0.3, -0.25) is 9.69 Å². The molecule has 1 aliphatic heterocycles. The Balaban J connectivity index is 1.52. The number of benzene rings is 1. The Labute approximate surface area is 148 Å². The van der Waals surface area contributed by atoms with Crippen molar-refractivity contribution in [3.05, 3.63) is 58.5 Å². The monoisotopic (exact) mass is 339 g/mol. The third-order valence-electron chi connectivity index (χ3n) is 4.71. The van der Waals surface area contributed by atoms with Crippen molar-refractivity contribution in [2.45, 2.75) is 27.3 Å². The molecule has 5 nitrogen and oxygen atoms in total. The molecule has 0 bridgehead atoms. The van der Waals surface area contributed by atoms with Crippen LogP contribution in [0.2, 0.25) is 0 Å². The third kappa shape index (κ3) is 4.37. The van der Waals surface area contributed by atoms with E-state index < -0.39 is 0 Å². The predicted molar refractivity (Wildman–Crippen MR) is 98.0 cm³/mol. The lowest BCUT2D eigenvalue weighted by atomic mass is 10.1. The molecule has 0 aliphatic carbocycles. The number of carbonyl (C=O) groups is 1. The number of hydrogen-bond acceptors (Lipinski definition) is 4. The number of carbonyl (C=O) groups excluding carboxylic acids is 1. The van der Waals surface area contributed by atoms with E-state index in [1.54, 1.807) is 6.08 Å². The van der Waals surface area contributed by atoms with Crippen molar-refractivity contribution in [1.82, 2.24) is 15.0 Å². The number of amides is 1. The topological polar surface area (TPSA) is 49.6 Å². The van der Waals surface area contributed by atoms with E-state index in [0.29, 0.717) is 0 Å². The zero-order valence-electron chi connectivity index (χ0n) is 15.2. The first-order valence-corrected chi connectivity index (χ1v) is 8.70. The maximum atomic E-state index is 12.4. The first-order chi connectivity index (χ1) is 12.0. The molecule has 0 spiro atoms. The minimum Gasteiger partial charge on any atom is -0.361 e. The highest BCUT2D eigenvalue weighted by molar-refractivity contribution is 5.91. The van der Waals surface area contributed by atoms with E-state index in [1.807, 2.05) is 37.0 Å². The molecule has 132 valence electrons. The van der Waals surface area contributed by atoms with E-state index in [9.17, 15) is 4.79 Å². The van der Waals surface area contributed by atoms with Crippen molar-refractivity contribution in [3.63, 3.8) is 0 Å². The minimum atomic E-state index is 0.0819. The van der Waals surface area contributed by atoms with Crippen molar-refractivity contribution in [3.8, 4) is 0 Å². The highest BCUT2D eigenvalue weighted by Gasteiger charge is 2.21. The molecule has 0 radical (unpaired) electrons. The van der Waals surface area contributed by atoms with Crippen LogP contribution in [-0.2, 0) is 11.3 Å². The smallest absolute Gasteiger partial charge is 0.246 e. The molecule has 2 heterocycles. The Morgan fingerprint density at radius 2 is 1.96 bits per heavy atom. The van der Waals surface area contributed by atoms with E-state index in [2.05, 4.69) is 29.1 Å². The van der Waals surface area contributed by atoms with Gasteiger partial charge in [-0.25, -0.2) is 0 Å². The van der Waals surface area contributed by atoms with Gasteiger partial charge < -0.3 is 9.42 Å². The number of nitrogens with zero attached hydrogens (tertiary/aromatic N) is 3. The fourth-order valence-electron chi connectivity index (χ4n) is 3.12. The standard InChI is InChI=1S/C20H25N3O2/c1-15-5-4-6-18(13-15)7-8-20(24)23-11-9-22(10-12-23)14-19-16(2)21-25-17(19)3/h4-8,13H,9-12,14H2,1-3H3/b8-7+. The van der Waals surface area contributed by atoms with Gasteiger partial charge in [-0.2, -0.15) is 0 Å². The van der Waals surface area contributed by atoms with Gasteiger partial charge in [0.15, 0.2) is 0 Å². The Morgan fingerprint density at radius 3 is 2.60 bits per heavy atom. The van der Waals surface area contributed by atoms with Gasteiger partial charge in [0, 0.05) is 44.4 Å². The highest BCUT2D eigenvalue weighted by Crippen LogP contribution is 2.16. The Kier molecular flexibility index (Phi) is 5.34. The molecule has 1 amide bonds. The first-order valence-electron chi connectivity index (χ1n) is 8.70. The summed E-state index contributed by atoms with van der Waals surface area (Å²) in [7, 11) is 0. The number of aromatic nitrogens is 1. The van der Waals surface area contributed by atoms with Gasteiger partial charge in [0.05, 0.1) is 5.69 Å². The Morgan fingerprint density at radius 1 is 1.20 bits per heavy atom. The van der Waals surface area contributed by atoms with Gasteiger partial charge in [-0.15, -0.1) is 0 Å². The minimum absolute atomic E-state index is 0.0819. The summed E-state index contributed by atoms with van der Waals surface area (Å²) in [5.74, 6) is 0.968. The third-order valence-corrected chi connectivity index (χ3v) is 4.71. The molecule has 5 heteroatoms. The lowest BCUT2D eigenvalue weighted by Gasteiger charge is -2.34. The van der Waals surface area contributed by atoms with Crippen molar-refractivity contribution in [2.24, 2.45) is 0 Å². The van der Waals surface area contributed by atoms with Gasteiger partial charge in [-0.1, -0.05) is 35.0 Å². The fraction of sp³-hybridized carbons (Fsp3) is 0.400. The quantitative estimate of drug-likeness (QED) is 0.804. The molecule has 3 rings (SSSR count). The van der Waals surface area contributed by atoms with Crippen LogP contribution in [0, 0.1) is 20.8 Å². The van der Waals surface area contributed by atoms with Gasteiger partial charge >= 0.3 is 0 Å². The van der Waals surface area contributed by atoms with E-state index in [1.165, 1.54) is 11.1 Å². The molecule has 0 N–H and O–H groups in total. The maximum Gasteiger partial charge on any atom is 0.246 e. The molecule has 0 atom stereocenters. The van der Waals surface area contributed by atoms with Crippen LogP contribution in [0.1, 0.15) is 28.1 Å². The van der Waals surface area contributed by atoms with E-state index in [0.717, 1.165) is 49.7 Å². The first kappa shape index (κ1) is 17.4. The van der Waals surface area contributed by atoms with Gasteiger partial charge in [0.2, 0.25) is 5.91 Å². The second kappa shape index (κ2) is 7.66. The Bertz CT molecular complexity index is 751. The summed E-state index contributed by atoms with van der Waals surface area (Å²) in [6.45, 7) is 10.1. The zero-order valence-corrected chi connectivity index (χ0v) is 15.2. The van der Waals surface area contributed by atoms with Crippen molar-refractivity contribution >= 4 is 12.0 Å². The molecule has 1 fully saturated rings. The molecule has 1 aliphatic rings. The Hall–Kier alpha value is -2.40. The largest absolute Gasteiger partial charge is 0.361 e. The zero-order chi connectivity index (χ0) is 17.8. The molecule has 1 saturated heterocycles. The van der Waals surface area contributed by atoms with E-state index in [-0.39, 0.29) is 5.91 Å². The van der Waals surface area contributed by atoms with Crippen molar-refractivity contribution in [2.75, 3.05) is 26.2 Å². The summed E-state index contributed by atoms with van der Waals surface area (Å²) in [6, 6.07) is 8.15. The van der Waals surface area contributed by atoms with Crippen LogP contribution in [0.25, 0.3) is 6.08 Å². The summed E-state index contributed by atoms with van der Waals surface area (Å²) in [5.41, 5.74) is 4.38. The SMILES string of the molecule is Cc1cccc(/C=C/C(=O)N2CCN(Cc3c(C)noc3C)CC2)c1. The maximum absolute atomic E-state index is 12.4. The average Bonchev–Trinajstić information content (AvgIpc) is 2.92. The number of rotatable bonds is 4. The summed E-state index contributed by atoms with van der Waals surface area (Å²) >= 11 is 0. The van der Waals surface area contributed by atoms with E-state index >= 15 is 0 Å². The van der Waals surface area contributed by atoms with Gasteiger partial charge in [0.1, 0.15) is 5.76 Å². The normalized spacial score (nSPS) is 15.9. The van der Waals surface area contributed by atoms with Crippen LogP contribution in [0.15, 0.2) is 34.9 Å². The molecule has 0 saturated carbocycles. The number of piperazine rings is 1. The molecular formula is C20H25N3O2. The summed E-state index contributed by atoms with van der Waals surface area (Å²) in [4.78, 5) is 16.6. The van der Waals surface area contributed by atoms with Crippen LogP contribution < -0.4 is 0 Å².